The molecule has 0 saturated heterocycles. The zero-order valence-corrected chi connectivity index (χ0v) is 11.2. The molecular weight excluding hydrogens is 248 g/mol. The Hall–Kier alpha value is -1.45. The van der Waals surface area contributed by atoms with E-state index in [0.717, 1.165) is 28.6 Å². The van der Waals surface area contributed by atoms with Gasteiger partial charge in [-0.3, -0.25) is 0 Å². The lowest BCUT2D eigenvalue weighted by atomic mass is 10.2. The lowest BCUT2D eigenvalue weighted by Gasteiger charge is -2.23. The lowest BCUT2D eigenvalue weighted by Crippen LogP contribution is -2.28. The Morgan fingerprint density at radius 3 is 2.78 bits per heavy atom. The van der Waals surface area contributed by atoms with Crippen LogP contribution in [0.15, 0.2) is 41.0 Å². The molecule has 0 atom stereocenters. The predicted octanol–water partition coefficient (Wildman–Crippen LogP) is 3.21. The molecule has 4 heteroatoms. The van der Waals surface area contributed by atoms with Crippen molar-refractivity contribution in [1.82, 2.24) is 0 Å². The van der Waals surface area contributed by atoms with Gasteiger partial charge in [0.15, 0.2) is 0 Å². The number of furan rings is 1. The fourth-order valence-corrected chi connectivity index (χ4v) is 2.00. The van der Waals surface area contributed by atoms with Gasteiger partial charge in [-0.1, -0.05) is 17.7 Å². The SMILES string of the molecule is Cc1ccc(N(CCN)Cc2ccco2)cc1Cl. The average Bonchev–Trinajstić information content (AvgIpc) is 2.85. The molecular formula is C14H17ClN2O. The molecule has 0 bridgehead atoms. The zero-order chi connectivity index (χ0) is 13.0. The normalized spacial score (nSPS) is 10.6. The number of anilines is 1. The maximum absolute atomic E-state index is 6.16. The van der Waals surface area contributed by atoms with Crippen molar-refractivity contribution in [3.63, 3.8) is 0 Å². The average molecular weight is 265 g/mol. The number of nitrogens with two attached hydrogens (primary N) is 1. The molecule has 1 aromatic carbocycles. The molecule has 18 heavy (non-hydrogen) atoms. The Balaban J connectivity index is 2.20. The summed E-state index contributed by atoms with van der Waals surface area (Å²) in [5, 5.41) is 0.772. The number of aryl methyl sites for hydroxylation is 1. The second kappa shape index (κ2) is 5.94. The number of hydrogen-bond acceptors (Lipinski definition) is 3. The van der Waals surface area contributed by atoms with Crippen LogP contribution in [0.2, 0.25) is 5.02 Å². The number of benzene rings is 1. The lowest BCUT2D eigenvalue weighted by molar-refractivity contribution is 0.502. The first-order valence-electron chi connectivity index (χ1n) is 5.94. The van der Waals surface area contributed by atoms with Gasteiger partial charge in [0.25, 0.3) is 0 Å². The van der Waals surface area contributed by atoms with E-state index in [1.807, 2.05) is 31.2 Å². The molecule has 2 N–H and O–H groups in total. The maximum atomic E-state index is 6.16. The van der Waals surface area contributed by atoms with Crippen LogP contribution in [0.4, 0.5) is 5.69 Å². The Morgan fingerprint density at radius 1 is 1.33 bits per heavy atom. The minimum atomic E-state index is 0.589. The molecule has 1 heterocycles. The molecule has 0 saturated carbocycles. The van der Waals surface area contributed by atoms with Crippen LogP contribution in [0.3, 0.4) is 0 Å². The first-order valence-corrected chi connectivity index (χ1v) is 6.32. The van der Waals surface area contributed by atoms with Crippen LogP contribution in [0.1, 0.15) is 11.3 Å². The fourth-order valence-electron chi connectivity index (χ4n) is 1.82. The third kappa shape index (κ3) is 3.06. The molecule has 1 aromatic heterocycles. The van der Waals surface area contributed by atoms with Gasteiger partial charge in [0, 0.05) is 23.8 Å². The van der Waals surface area contributed by atoms with Gasteiger partial charge in [0.05, 0.1) is 12.8 Å². The topological polar surface area (TPSA) is 42.4 Å². The monoisotopic (exact) mass is 264 g/mol. The van der Waals surface area contributed by atoms with Crippen molar-refractivity contribution >= 4 is 17.3 Å². The van der Waals surface area contributed by atoms with Gasteiger partial charge in [-0.2, -0.15) is 0 Å². The minimum absolute atomic E-state index is 0.589. The van der Waals surface area contributed by atoms with Crippen LogP contribution in [0.5, 0.6) is 0 Å². The summed E-state index contributed by atoms with van der Waals surface area (Å²) >= 11 is 6.16. The Kier molecular flexibility index (Phi) is 4.28. The predicted molar refractivity (Wildman–Crippen MR) is 75.0 cm³/mol. The highest BCUT2D eigenvalue weighted by Gasteiger charge is 2.09. The molecule has 0 fully saturated rings. The molecule has 2 rings (SSSR count). The summed E-state index contributed by atoms with van der Waals surface area (Å²) in [6.45, 7) is 4.04. The van der Waals surface area contributed by atoms with Crippen LogP contribution in [0, 0.1) is 6.92 Å². The Morgan fingerprint density at radius 2 is 2.17 bits per heavy atom. The second-order valence-electron chi connectivity index (χ2n) is 4.22. The summed E-state index contributed by atoms with van der Waals surface area (Å²) in [6.07, 6.45) is 1.68. The zero-order valence-electron chi connectivity index (χ0n) is 10.4. The van der Waals surface area contributed by atoms with Gasteiger partial charge < -0.3 is 15.1 Å². The third-order valence-corrected chi connectivity index (χ3v) is 3.25. The van der Waals surface area contributed by atoms with E-state index in [2.05, 4.69) is 11.0 Å². The van der Waals surface area contributed by atoms with Crippen LogP contribution in [-0.2, 0) is 6.54 Å². The van der Waals surface area contributed by atoms with E-state index in [9.17, 15) is 0 Å². The van der Waals surface area contributed by atoms with Gasteiger partial charge in [0.1, 0.15) is 5.76 Å². The summed E-state index contributed by atoms with van der Waals surface area (Å²) < 4.78 is 5.37. The summed E-state index contributed by atoms with van der Waals surface area (Å²) in [4.78, 5) is 2.16. The van der Waals surface area contributed by atoms with Crippen LogP contribution < -0.4 is 10.6 Å². The van der Waals surface area contributed by atoms with E-state index in [0.29, 0.717) is 13.1 Å². The van der Waals surface area contributed by atoms with Crippen molar-refractivity contribution in [2.45, 2.75) is 13.5 Å². The molecule has 2 aromatic rings. The van der Waals surface area contributed by atoms with Gasteiger partial charge in [-0.15, -0.1) is 0 Å². The number of nitrogens with zero attached hydrogens (tertiary/aromatic N) is 1. The van der Waals surface area contributed by atoms with Crippen molar-refractivity contribution < 1.29 is 4.42 Å². The van der Waals surface area contributed by atoms with E-state index < -0.39 is 0 Å². The van der Waals surface area contributed by atoms with Crippen LogP contribution in [-0.4, -0.2) is 13.1 Å². The highest BCUT2D eigenvalue weighted by atomic mass is 35.5. The summed E-state index contributed by atoms with van der Waals surface area (Å²) in [6, 6.07) is 9.88. The van der Waals surface area contributed by atoms with E-state index in [1.54, 1.807) is 6.26 Å². The quantitative estimate of drug-likeness (QED) is 0.902. The number of halogens is 1. The fraction of sp³-hybridized carbons (Fsp3) is 0.286. The minimum Gasteiger partial charge on any atom is -0.467 e. The third-order valence-electron chi connectivity index (χ3n) is 2.85. The molecule has 3 nitrogen and oxygen atoms in total. The number of rotatable bonds is 5. The Bertz CT molecular complexity index is 497. The van der Waals surface area contributed by atoms with E-state index in [4.69, 9.17) is 21.8 Å². The summed E-state index contributed by atoms with van der Waals surface area (Å²) in [5.74, 6) is 0.917. The number of hydrogen-bond donors (Lipinski definition) is 1. The Labute approximate surface area is 112 Å². The molecule has 0 aliphatic rings. The van der Waals surface area contributed by atoms with Crippen molar-refractivity contribution in [2.24, 2.45) is 5.73 Å². The van der Waals surface area contributed by atoms with Crippen molar-refractivity contribution in [3.8, 4) is 0 Å². The molecule has 0 aliphatic carbocycles. The van der Waals surface area contributed by atoms with E-state index >= 15 is 0 Å². The van der Waals surface area contributed by atoms with E-state index in [-0.39, 0.29) is 0 Å². The first kappa shape index (κ1) is 13.0. The van der Waals surface area contributed by atoms with Crippen molar-refractivity contribution in [1.29, 1.82) is 0 Å². The summed E-state index contributed by atoms with van der Waals surface area (Å²) in [5.41, 5.74) is 7.80. The highest BCUT2D eigenvalue weighted by molar-refractivity contribution is 6.31. The van der Waals surface area contributed by atoms with Crippen molar-refractivity contribution in [3.05, 3.63) is 52.9 Å². The first-order chi connectivity index (χ1) is 8.70. The summed E-state index contributed by atoms with van der Waals surface area (Å²) in [7, 11) is 0. The van der Waals surface area contributed by atoms with Crippen LogP contribution >= 0.6 is 11.6 Å². The molecule has 0 radical (unpaired) electrons. The van der Waals surface area contributed by atoms with Crippen molar-refractivity contribution in [2.75, 3.05) is 18.0 Å². The molecule has 0 spiro atoms. The second-order valence-corrected chi connectivity index (χ2v) is 4.63. The molecule has 0 aliphatic heterocycles. The molecule has 0 amide bonds. The largest absolute Gasteiger partial charge is 0.467 e. The smallest absolute Gasteiger partial charge is 0.123 e. The van der Waals surface area contributed by atoms with Gasteiger partial charge >= 0.3 is 0 Å². The van der Waals surface area contributed by atoms with E-state index in [1.165, 1.54) is 0 Å². The van der Waals surface area contributed by atoms with Crippen LogP contribution in [0.25, 0.3) is 0 Å². The molecule has 96 valence electrons. The van der Waals surface area contributed by atoms with Gasteiger partial charge in [-0.25, -0.2) is 0 Å². The van der Waals surface area contributed by atoms with Gasteiger partial charge in [0.2, 0.25) is 0 Å². The standard InChI is InChI=1S/C14H17ClN2O/c1-11-4-5-12(9-14(11)15)17(7-6-16)10-13-3-2-8-18-13/h2-5,8-9H,6-7,10,16H2,1H3. The molecule has 0 unspecified atom stereocenters. The highest BCUT2D eigenvalue weighted by Crippen LogP contribution is 2.24. The maximum Gasteiger partial charge on any atom is 0.123 e. The van der Waals surface area contributed by atoms with Gasteiger partial charge in [-0.05, 0) is 36.8 Å².